The van der Waals surface area contributed by atoms with E-state index in [0.29, 0.717) is 29.2 Å². The molecule has 1 aliphatic rings. The van der Waals surface area contributed by atoms with Crippen LogP contribution in [-0.2, 0) is 26.2 Å². The average molecular weight is 494 g/mol. The summed E-state index contributed by atoms with van der Waals surface area (Å²) in [7, 11) is -3.98. The molecule has 2 N–H and O–H groups in total. The van der Waals surface area contributed by atoms with Crippen LogP contribution in [0.3, 0.4) is 0 Å². The summed E-state index contributed by atoms with van der Waals surface area (Å²) in [5, 5.41) is 3.83. The minimum atomic E-state index is -4.67. The second kappa shape index (κ2) is 8.19. The van der Waals surface area contributed by atoms with E-state index in [9.17, 15) is 31.2 Å². The number of rotatable bonds is 5. The highest BCUT2D eigenvalue weighted by Crippen LogP contribution is 2.41. The van der Waals surface area contributed by atoms with Gasteiger partial charge in [-0.1, -0.05) is 25.8 Å². The van der Waals surface area contributed by atoms with Crippen LogP contribution in [0.4, 0.5) is 13.2 Å². The lowest BCUT2D eigenvalue weighted by Gasteiger charge is -2.26. The molecule has 0 spiro atoms. The van der Waals surface area contributed by atoms with E-state index in [2.05, 4.69) is 10.1 Å². The summed E-state index contributed by atoms with van der Waals surface area (Å²) in [6.45, 7) is 1.40. The Morgan fingerprint density at radius 2 is 1.85 bits per heavy atom. The second-order valence-electron chi connectivity index (χ2n) is 8.26. The van der Waals surface area contributed by atoms with Gasteiger partial charge in [-0.05, 0) is 36.6 Å². The summed E-state index contributed by atoms with van der Waals surface area (Å²) in [5.74, 6) is -1.29. The molecule has 1 amide bonds. The molecule has 0 atom stereocenters. The van der Waals surface area contributed by atoms with Crippen LogP contribution in [0.15, 0.2) is 46.3 Å². The molecule has 3 aromatic rings. The minimum Gasteiger partial charge on any atom is -0.369 e. The number of benzene rings is 1. The number of carbonyl (C=O) groups is 1. The first kappa shape index (κ1) is 23.9. The van der Waals surface area contributed by atoms with Crippen LogP contribution in [0, 0.1) is 0 Å². The Bertz CT molecular complexity index is 1460. The predicted molar refractivity (Wildman–Crippen MR) is 117 cm³/mol. The van der Waals surface area contributed by atoms with Crippen molar-refractivity contribution >= 4 is 26.5 Å². The summed E-state index contributed by atoms with van der Waals surface area (Å²) >= 11 is 0. The normalized spacial score (nSPS) is 16.1. The fraction of sp³-hybridized carbons (Fsp3) is 0.364. The van der Waals surface area contributed by atoms with Gasteiger partial charge in [-0.3, -0.25) is 9.59 Å². The summed E-state index contributed by atoms with van der Waals surface area (Å²) in [4.78, 5) is 29.2. The SMILES string of the molecule is CCS(=O)(=O)c1cc(C2(C(N)=O)CCCC2)cnc1-n1ncc2ccc(C(F)(F)F)cc2c1=O. The molecule has 4 rings (SSSR count). The molecule has 0 radical (unpaired) electrons. The Balaban J connectivity index is 1.98. The first-order valence-electron chi connectivity index (χ1n) is 10.5. The topological polar surface area (TPSA) is 125 Å². The number of alkyl halides is 3. The first-order valence-corrected chi connectivity index (χ1v) is 12.2. The molecule has 1 saturated carbocycles. The molecule has 1 aromatic carbocycles. The first-order chi connectivity index (χ1) is 15.9. The van der Waals surface area contributed by atoms with E-state index >= 15 is 0 Å². The zero-order valence-electron chi connectivity index (χ0n) is 18.1. The lowest BCUT2D eigenvalue weighted by atomic mass is 9.79. The Labute approximate surface area is 192 Å². The maximum atomic E-state index is 13.2. The third kappa shape index (κ3) is 3.85. The van der Waals surface area contributed by atoms with E-state index in [1.165, 1.54) is 19.2 Å². The van der Waals surface area contributed by atoms with Crippen LogP contribution in [-0.4, -0.2) is 34.8 Å². The molecule has 0 saturated heterocycles. The van der Waals surface area contributed by atoms with Gasteiger partial charge in [0.2, 0.25) is 5.91 Å². The van der Waals surface area contributed by atoms with Gasteiger partial charge >= 0.3 is 6.18 Å². The number of sulfone groups is 1. The van der Waals surface area contributed by atoms with Gasteiger partial charge in [0.1, 0.15) is 4.90 Å². The Morgan fingerprint density at radius 1 is 1.18 bits per heavy atom. The number of pyridine rings is 1. The molecule has 0 unspecified atom stereocenters. The van der Waals surface area contributed by atoms with Crippen molar-refractivity contribution in [1.29, 1.82) is 0 Å². The standard InChI is InChI=1S/C22H21F3N4O4S/c1-2-34(32,33)17-10-15(21(20(26)31)7-3-4-8-21)12-27-18(17)29-19(30)16-9-14(22(23,24)25)6-5-13(16)11-28-29/h5-6,9-12H,2-4,7-8H2,1H3,(H2,26,31). The molecule has 180 valence electrons. The smallest absolute Gasteiger partial charge is 0.369 e. The molecular formula is C22H21F3N4O4S. The number of hydrogen-bond donors (Lipinski definition) is 1. The number of fused-ring (bicyclic) bond motifs is 1. The second-order valence-corrected chi connectivity index (χ2v) is 10.5. The summed E-state index contributed by atoms with van der Waals surface area (Å²) < 4.78 is 66.1. The number of primary amides is 1. The van der Waals surface area contributed by atoms with Crippen LogP contribution < -0.4 is 11.3 Å². The van der Waals surface area contributed by atoms with Crippen molar-refractivity contribution in [3.8, 4) is 5.82 Å². The number of halogens is 3. The zero-order chi connectivity index (χ0) is 24.9. The van der Waals surface area contributed by atoms with E-state index in [1.807, 2.05) is 0 Å². The van der Waals surface area contributed by atoms with E-state index in [-0.39, 0.29) is 27.2 Å². The highest BCUT2D eigenvalue weighted by atomic mass is 32.2. The maximum Gasteiger partial charge on any atom is 0.416 e. The van der Waals surface area contributed by atoms with E-state index < -0.39 is 38.5 Å². The Hall–Kier alpha value is -3.28. The molecular weight excluding hydrogens is 473 g/mol. The fourth-order valence-electron chi connectivity index (χ4n) is 4.37. The van der Waals surface area contributed by atoms with Crippen LogP contribution >= 0.6 is 0 Å². The third-order valence-electron chi connectivity index (χ3n) is 6.35. The number of aromatic nitrogens is 3. The van der Waals surface area contributed by atoms with E-state index in [4.69, 9.17) is 5.73 Å². The third-order valence-corrected chi connectivity index (χ3v) is 8.08. The van der Waals surface area contributed by atoms with Crippen LogP contribution in [0.2, 0.25) is 0 Å². The fourth-order valence-corrected chi connectivity index (χ4v) is 5.40. The van der Waals surface area contributed by atoms with Gasteiger partial charge in [0.15, 0.2) is 15.7 Å². The van der Waals surface area contributed by atoms with E-state index in [1.54, 1.807) is 0 Å². The van der Waals surface area contributed by atoms with Gasteiger partial charge in [-0.15, -0.1) is 0 Å². The summed E-state index contributed by atoms with van der Waals surface area (Å²) in [6.07, 6.45) is 0.102. The quantitative estimate of drug-likeness (QED) is 0.582. The van der Waals surface area contributed by atoms with Gasteiger partial charge in [-0.25, -0.2) is 13.4 Å². The van der Waals surface area contributed by atoms with Gasteiger partial charge in [-0.2, -0.15) is 23.0 Å². The van der Waals surface area contributed by atoms with Crippen molar-refractivity contribution in [3.63, 3.8) is 0 Å². The van der Waals surface area contributed by atoms with Crippen LogP contribution in [0.25, 0.3) is 16.6 Å². The maximum absolute atomic E-state index is 13.2. The average Bonchev–Trinajstić information content (AvgIpc) is 3.30. The lowest BCUT2D eigenvalue weighted by molar-refractivity contribution is -0.137. The molecule has 0 aliphatic heterocycles. The molecule has 2 aromatic heterocycles. The number of nitrogens with two attached hydrogens (primary N) is 1. The molecule has 0 bridgehead atoms. The molecule has 8 nitrogen and oxygen atoms in total. The minimum absolute atomic E-state index is 0.157. The van der Waals surface area contributed by atoms with Gasteiger partial charge in [0.25, 0.3) is 5.56 Å². The van der Waals surface area contributed by atoms with Crippen molar-refractivity contribution in [2.75, 3.05) is 5.75 Å². The van der Waals surface area contributed by atoms with Crippen LogP contribution in [0.5, 0.6) is 0 Å². The van der Waals surface area contributed by atoms with Gasteiger partial charge in [0.05, 0.1) is 28.3 Å². The number of carbonyl (C=O) groups excluding carboxylic acids is 1. The largest absolute Gasteiger partial charge is 0.416 e. The molecule has 2 heterocycles. The highest BCUT2D eigenvalue weighted by Gasteiger charge is 2.42. The Morgan fingerprint density at radius 3 is 2.44 bits per heavy atom. The molecule has 12 heteroatoms. The van der Waals surface area contributed by atoms with Crippen molar-refractivity contribution in [2.45, 2.75) is 49.1 Å². The van der Waals surface area contributed by atoms with Crippen molar-refractivity contribution in [3.05, 3.63) is 58.1 Å². The zero-order valence-corrected chi connectivity index (χ0v) is 18.9. The number of hydrogen-bond acceptors (Lipinski definition) is 6. The summed E-state index contributed by atoms with van der Waals surface area (Å²) in [6, 6.07) is 3.92. The number of nitrogens with zero attached hydrogens (tertiary/aromatic N) is 3. The monoisotopic (exact) mass is 494 g/mol. The van der Waals surface area contributed by atoms with Crippen LogP contribution in [0.1, 0.15) is 43.7 Å². The van der Waals surface area contributed by atoms with Crippen molar-refractivity contribution < 1.29 is 26.4 Å². The van der Waals surface area contributed by atoms with Gasteiger partial charge in [0, 0.05) is 11.6 Å². The molecule has 1 aliphatic carbocycles. The van der Waals surface area contributed by atoms with E-state index in [0.717, 1.165) is 31.2 Å². The van der Waals surface area contributed by atoms with Crippen molar-refractivity contribution in [2.24, 2.45) is 5.73 Å². The lowest BCUT2D eigenvalue weighted by Crippen LogP contribution is -2.39. The molecule has 1 fully saturated rings. The Kier molecular flexibility index (Phi) is 5.75. The summed E-state index contributed by atoms with van der Waals surface area (Å²) in [5.41, 5.74) is 2.93. The highest BCUT2D eigenvalue weighted by molar-refractivity contribution is 7.91. The number of amides is 1. The van der Waals surface area contributed by atoms with Gasteiger partial charge < -0.3 is 5.73 Å². The van der Waals surface area contributed by atoms with Crippen molar-refractivity contribution in [1.82, 2.24) is 14.8 Å². The molecule has 34 heavy (non-hydrogen) atoms. The predicted octanol–water partition coefficient (Wildman–Crippen LogP) is 2.89.